The number of carbonyl (C=O) groups is 1. The van der Waals surface area contributed by atoms with Crippen molar-refractivity contribution in [1.82, 2.24) is 25.6 Å². The van der Waals surface area contributed by atoms with Crippen molar-refractivity contribution in [3.8, 4) is 11.4 Å². The second-order valence-electron chi connectivity index (χ2n) is 10.5. The molecule has 1 amide bonds. The summed E-state index contributed by atoms with van der Waals surface area (Å²) in [6.45, 7) is 6.61. The number of benzene rings is 1. The summed E-state index contributed by atoms with van der Waals surface area (Å²) in [5.41, 5.74) is 5.38. The van der Waals surface area contributed by atoms with Crippen LogP contribution in [0.25, 0.3) is 22.3 Å². The number of aromatic nitrogens is 3. The predicted molar refractivity (Wildman–Crippen MR) is 154 cm³/mol. The topological polar surface area (TPSA) is 83.0 Å². The van der Waals surface area contributed by atoms with E-state index in [1.807, 2.05) is 54.9 Å². The fourth-order valence-electron chi connectivity index (χ4n) is 5.06. The fraction of sp³-hybridized carbons (Fsp3) is 0.333. The molecule has 4 heterocycles. The van der Waals surface area contributed by atoms with Gasteiger partial charge >= 0.3 is 0 Å². The molecular formula is C30H32N6OS. The number of pyridine rings is 3. The van der Waals surface area contributed by atoms with Crippen LogP contribution in [0.5, 0.6) is 0 Å². The number of fused-ring (bicyclic) bond motifs is 1. The molecule has 6 rings (SSSR count). The maximum absolute atomic E-state index is 12.7. The molecule has 4 aromatic rings. The highest BCUT2D eigenvalue weighted by atomic mass is 32.2. The Hall–Kier alpha value is -3.49. The van der Waals surface area contributed by atoms with Crippen molar-refractivity contribution in [3.63, 3.8) is 0 Å². The molecule has 1 spiro atoms. The molecule has 3 aromatic heterocycles. The van der Waals surface area contributed by atoms with Crippen LogP contribution in [0.15, 0.2) is 65.7 Å². The Labute approximate surface area is 227 Å². The number of carbonyl (C=O) groups excluding carboxylic acids is 1. The number of anilines is 1. The average molecular weight is 525 g/mol. The van der Waals surface area contributed by atoms with Crippen molar-refractivity contribution in [2.75, 3.05) is 24.2 Å². The molecule has 2 N–H and O–H groups in total. The summed E-state index contributed by atoms with van der Waals surface area (Å²) in [7, 11) is 0. The van der Waals surface area contributed by atoms with Crippen molar-refractivity contribution in [2.24, 2.45) is 0 Å². The van der Waals surface area contributed by atoms with Crippen LogP contribution in [0.2, 0.25) is 0 Å². The molecule has 7 nitrogen and oxygen atoms in total. The molecule has 38 heavy (non-hydrogen) atoms. The summed E-state index contributed by atoms with van der Waals surface area (Å²) in [6, 6.07) is 18.3. The first kappa shape index (κ1) is 24.8. The predicted octanol–water partition coefficient (Wildman–Crippen LogP) is 4.98. The summed E-state index contributed by atoms with van der Waals surface area (Å²) in [5, 5.41) is 7.66. The lowest BCUT2D eigenvalue weighted by Gasteiger charge is -2.40. The van der Waals surface area contributed by atoms with Gasteiger partial charge in [-0.3, -0.25) is 9.78 Å². The third-order valence-electron chi connectivity index (χ3n) is 7.65. The van der Waals surface area contributed by atoms with Crippen LogP contribution in [-0.4, -0.2) is 51.8 Å². The minimum Gasteiger partial charge on any atom is -0.351 e. The summed E-state index contributed by atoms with van der Waals surface area (Å²) in [6.07, 6.45) is 6.31. The van der Waals surface area contributed by atoms with Gasteiger partial charge in [0.15, 0.2) is 0 Å². The molecule has 1 unspecified atom stereocenters. The van der Waals surface area contributed by atoms with Crippen LogP contribution in [0.4, 0.5) is 5.82 Å². The fourth-order valence-corrected chi connectivity index (χ4v) is 5.70. The van der Waals surface area contributed by atoms with E-state index in [-0.39, 0.29) is 11.4 Å². The summed E-state index contributed by atoms with van der Waals surface area (Å²) < 4.78 is 0. The normalized spacial score (nSPS) is 18.1. The molecule has 1 saturated heterocycles. The number of hydrogen-bond acceptors (Lipinski definition) is 7. The van der Waals surface area contributed by atoms with Crippen LogP contribution in [0.3, 0.4) is 0 Å². The molecule has 0 radical (unpaired) electrons. The average Bonchev–Trinajstić information content (AvgIpc) is 3.71. The van der Waals surface area contributed by atoms with Crippen molar-refractivity contribution in [2.45, 2.75) is 49.7 Å². The number of thioether (sulfide) groups is 1. The minimum atomic E-state index is -0.111. The Bertz CT molecular complexity index is 1520. The van der Waals surface area contributed by atoms with Gasteiger partial charge in [-0.1, -0.05) is 12.1 Å². The van der Waals surface area contributed by atoms with E-state index >= 15 is 0 Å². The van der Waals surface area contributed by atoms with E-state index in [4.69, 9.17) is 9.97 Å². The zero-order valence-electron chi connectivity index (χ0n) is 22.0. The number of rotatable bonds is 6. The highest BCUT2D eigenvalue weighted by Crippen LogP contribution is 2.40. The molecule has 1 aliphatic carbocycles. The van der Waals surface area contributed by atoms with Crippen molar-refractivity contribution in [1.29, 1.82) is 0 Å². The molecule has 2 aliphatic rings. The lowest BCUT2D eigenvalue weighted by molar-refractivity contribution is 0.0950. The Balaban J connectivity index is 1.20. The Kier molecular flexibility index (Phi) is 6.53. The second kappa shape index (κ2) is 10.0. The first-order chi connectivity index (χ1) is 18.4. The molecule has 1 aromatic carbocycles. The number of piperazine rings is 1. The molecular weight excluding hydrogens is 492 g/mol. The van der Waals surface area contributed by atoms with Gasteiger partial charge in [0.2, 0.25) is 0 Å². The van der Waals surface area contributed by atoms with Gasteiger partial charge in [-0.15, -0.1) is 11.8 Å². The van der Waals surface area contributed by atoms with Gasteiger partial charge < -0.3 is 15.5 Å². The van der Waals surface area contributed by atoms with E-state index in [0.29, 0.717) is 18.2 Å². The van der Waals surface area contributed by atoms with Crippen molar-refractivity contribution in [3.05, 3.63) is 77.6 Å². The van der Waals surface area contributed by atoms with Crippen molar-refractivity contribution >= 4 is 34.4 Å². The Morgan fingerprint density at radius 2 is 1.97 bits per heavy atom. The Morgan fingerprint density at radius 1 is 1.13 bits per heavy atom. The largest absolute Gasteiger partial charge is 0.351 e. The number of hydrogen-bond donors (Lipinski definition) is 2. The first-order valence-corrected chi connectivity index (χ1v) is 14.3. The second-order valence-corrected chi connectivity index (χ2v) is 11.3. The van der Waals surface area contributed by atoms with Gasteiger partial charge in [-0.2, -0.15) is 0 Å². The highest BCUT2D eigenvalue weighted by Gasteiger charge is 2.47. The van der Waals surface area contributed by atoms with Gasteiger partial charge in [0, 0.05) is 46.7 Å². The van der Waals surface area contributed by atoms with Crippen LogP contribution in [-0.2, 0) is 6.54 Å². The van der Waals surface area contributed by atoms with Crippen LogP contribution < -0.4 is 15.5 Å². The summed E-state index contributed by atoms with van der Waals surface area (Å²) in [5.74, 6) is 0.892. The lowest BCUT2D eigenvalue weighted by atomic mass is 10.1. The van der Waals surface area contributed by atoms with E-state index < -0.39 is 0 Å². The number of aryl methyl sites for hydroxylation is 1. The molecule has 1 saturated carbocycles. The van der Waals surface area contributed by atoms with Gasteiger partial charge in [0.25, 0.3) is 5.91 Å². The zero-order chi connectivity index (χ0) is 26.3. The summed E-state index contributed by atoms with van der Waals surface area (Å²) in [4.78, 5) is 30.8. The Morgan fingerprint density at radius 3 is 2.79 bits per heavy atom. The summed E-state index contributed by atoms with van der Waals surface area (Å²) >= 11 is 1.64. The van der Waals surface area contributed by atoms with Gasteiger partial charge in [0.05, 0.1) is 29.1 Å². The van der Waals surface area contributed by atoms with Crippen LogP contribution in [0.1, 0.15) is 41.4 Å². The third kappa shape index (κ3) is 4.98. The maximum Gasteiger partial charge on any atom is 0.251 e. The minimum absolute atomic E-state index is 0.111. The van der Waals surface area contributed by atoms with E-state index in [2.05, 4.69) is 46.5 Å². The van der Waals surface area contributed by atoms with Crippen LogP contribution >= 0.6 is 11.8 Å². The van der Waals surface area contributed by atoms with E-state index in [1.165, 1.54) is 18.4 Å². The number of amides is 1. The first-order valence-electron chi connectivity index (χ1n) is 13.1. The molecule has 8 heteroatoms. The zero-order valence-corrected chi connectivity index (χ0v) is 22.8. The van der Waals surface area contributed by atoms with Gasteiger partial charge in [-0.25, -0.2) is 9.97 Å². The smallest absolute Gasteiger partial charge is 0.251 e. The van der Waals surface area contributed by atoms with Crippen molar-refractivity contribution < 1.29 is 4.79 Å². The molecule has 0 bridgehead atoms. The third-order valence-corrected chi connectivity index (χ3v) is 8.53. The van der Waals surface area contributed by atoms with E-state index in [9.17, 15) is 4.79 Å². The van der Waals surface area contributed by atoms with Gasteiger partial charge in [0.1, 0.15) is 5.82 Å². The molecule has 1 aliphatic heterocycles. The lowest BCUT2D eigenvalue weighted by Crippen LogP contribution is -2.57. The molecule has 2 fully saturated rings. The monoisotopic (exact) mass is 524 g/mol. The number of nitrogens with one attached hydrogen (secondary N) is 2. The quantitative estimate of drug-likeness (QED) is 0.344. The van der Waals surface area contributed by atoms with Gasteiger partial charge in [-0.05, 0) is 81.0 Å². The highest BCUT2D eigenvalue weighted by molar-refractivity contribution is 7.98. The van der Waals surface area contributed by atoms with E-state index in [1.54, 1.807) is 11.8 Å². The SMILES string of the molecule is CSc1cc(C(=O)NCc2cc3nc(-c4cccc(N5CC6(CC6)NCC5C)n4)ccc3cn2)ccc1C. The molecule has 1 atom stereocenters. The molecule has 194 valence electrons. The van der Waals surface area contributed by atoms with Crippen LogP contribution in [0, 0.1) is 6.92 Å². The van der Waals surface area contributed by atoms with E-state index in [0.717, 1.165) is 51.8 Å². The number of nitrogens with zero attached hydrogens (tertiary/aromatic N) is 4. The maximum atomic E-state index is 12.7. The standard InChI is InChI=1S/C30H32N6OS/c1-19-7-8-21(13-27(19)38-3)29(37)32-17-23-14-26-22(16-31-23)9-10-25(34-26)24-5-4-6-28(35-24)36-18-30(11-12-30)33-15-20(36)2/h4-10,13-14,16,20,33H,11-12,15,17-18H2,1-3H3,(H,32,37).